The van der Waals surface area contributed by atoms with Gasteiger partial charge in [-0.25, -0.2) is 4.98 Å². The Balaban J connectivity index is 1.38. The van der Waals surface area contributed by atoms with Gasteiger partial charge in [0.25, 0.3) is 5.56 Å². The highest BCUT2D eigenvalue weighted by atomic mass is 35.5. The predicted octanol–water partition coefficient (Wildman–Crippen LogP) is 2.59. The number of halogens is 1. The number of hydrogen-bond donors (Lipinski definition) is 0. The number of benzene rings is 1. The third-order valence-electron chi connectivity index (χ3n) is 6.13. The van der Waals surface area contributed by atoms with E-state index in [1.54, 1.807) is 40.3 Å². The summed E-state index contributed by atoms with van der Waals surface area (Å²) < 4.78 is 1.51. The SMILES string of the molecule is Cc1ccc(Cl)cc1N1CC(C(=O)N2CCc3nc4ccccn4c(=O)c3C2)CC1=O. The van der Waals surface area contributed by atoms with Crippen molar-refractivity contribution in [1.82, 2.24) is 14.3 Å². The van der Waals surface area contributed by atoms with Gasteiger partial charge in [-0.3, -0.25) is 18.8 Å². The van der Waals surface area contributed by atoms with E-state index in [1.165, 1.54) is 4.40 Å². The molecule has 3 aromatic rings. The maximum atomic E-state index is 13.3. The Hall–Kier alpha value is -3.19. The van der Waals surface area contributed by atoms with E-state index in [4.69, 9.17) is 11.6 Å². The van der Waals surface area contributed by atoms with Crippen molar-refractivity contribution in [2.75, 3.05) is 18.0 Å². The molecule has 0 saturated carbocycles. The van der Waals surface area contributed by atoms with Crippen molar-refractivity contribution < 1.29 is 9.59 Å². The van der Waals surface area contributed by atoms with Crippen molar-refractivity contribution in [1.29, 1.82) is 0 Å². The molecule has 5 rings (SSSR count). The lowest BCUT2D eigenvalue weighted by atomic mass is 10.0. The van der Waals surface area contributed by atoms with Crippen molar-refractivity contribution in [3.8, 4) is 0 Å². The fourth-order valence-electron chi connectivity index (χ4n) is 4.47. The van der Waals surface area contributed by atoms with Gasteiger partial charge in [-0.05, 0) is 36.8 Å². The number of rotatable bonds is 2. The molecule has 0 bridgehead atoms. The highest BCUT2D eigenvalue weighted by Crippen LogP contribution is 2.31. The maximum Gasteiger partial charge on any atom is 0.263 e. The van der Waals surface area contributed by atoms with Crippen molar-refractivity contribution >= 4 is 34.7 Å². The molecule has 31 heavy (non-hydrogen) atoms. The van der Waals surface area contributed by atoms with Crippen LogP contribution in [0.15, 0.2) is 47.4 Å². The van der Waals surface area contributed by atoms with Crippen molar-refractivity contribution in [2.24, 2.45) is 5.92 Å². The lowest BCUT2D eigenvalue weighted by Crippen LogP contribution is -2.43. The summed E-state index contributed by atoms with van der Waals surface area (Å²) in [5, 5.41) is 0.552. The third kappa shape index (κ3) is 3.39. The Morgan fingerprint density at radius 2 is 2.03 bits per heavy atom. The van der Waals surface area contributed by atoms with Gasteiger partial charge in [-0.1, -0.05) is 23.7 Å². The highest BCUT2D eigenvalue weighted by molar-refractivity contribution is 6.31. The number of aryl methyl sites for hydroxylation is 1. The molecule has 2 aliphatic heterocycles. The van der Waals surface area contributed by atoms with Gasteiger partial charge in [-0.15, -0.1) is 0 Å². The molecule has 1 atom stereocenters. The first-order chi connectivity index (χ1) is 14.9. The second kappa shape index (κ2) is 7.50. The largest absolute Gasteiger partial charge is 0.337 e. The molecular weight excluding hydrogens is 416 g/mol. The standard InChI is InChI=1S/C23H21ClN4O3/c1-14-5-6-16(24)11-19(14)28-12-15(10-21(28)29)22(30)26-9-7-18-17(13-26)23(31)27-8-3-2-4-20(27)25-18/h2-6,8,11,15H,7,9-10,12-13H2,1H3. The Bertz CT molecular complexity index is 1290. The van der Waals surface area contributed by atoms with Gasteiger partial charge in [0, 0.05) is 42.8 Å². The van der Waals surface area contributed by atoms with Crippen LogP contribution in [0, 0.1) is 12.8 Å². The van der Waals surface area contributed by atoms with Gasteiger partial charge in [0.2, 0.25) is 11.8 Å². The number of amides is 2. The predicted molar refractivity (Wildman–Crippen MR) is 117 cm³/mol. The zero-order chi connectivity index (χ0) is 21.7. The van der Waals surface area contributed by atoms with Crippen LogP contribution >= 0.6 is 11.6 Å². The molecule has 0 N–H and O–H groups in total. The normalized spacial score (nSPS) is 18.5. The number of anilines is 1. The summed E-state index contributed by atoms with van der Waals surface area (Å²) in [4.78, 5) is 46.8. The molecule has 2 amide bonds. The van der Waals surface area contributed by atoms with Crippen molar-refractivity contribution in [3.05, 3.63) is 74.8 Å². The fourth-order valence-corrected chi connectivity index (χ4v) is 4.64. The van der Waals surface area contributed by atoms with Crippen LogP contribution < -0.4 is 10.5 Å². The van der Waals surface area contributed by atoms with E-state index in [2.05, 4.69) is 4.98 Å². The minimum Gasteiger partial charge on any atom is -0.337 e. The van der Waals surface area contributed by atoms with E-state index < -0.39 is 5.92 Å². The molecule has 7 nitrogen and oxygen atoms in total. The zero-order valence-electron chi connectivity index (χ0n) is 17.0. The van der Waals surface area contributed by atoms with Crippen LogP contribution in [0.5, 0.6) is 0 Å². The molecule has 1 saturated heterocycles. The Labute approximate surface area is 183 Å². The monoisotopic (exact) mass is 436 g/mol. The summed E-state index contributed by atoms with van der Waals surface area (Å²) in [6.07, 6.45) is 2.37. The van der Waals surface area contributed by atoms with Gasteiger partial charge >= 0.3 is 0 Å². The van der Waals surface area contributed by atoms with Crippen LogP contribution in [0.4, 0.5) is 5.69 Å². The molecule has 0 spiro atoms. The van der Waals surface area contributed by atoms with E-state index in [0.717, 1.165) is 16.9 Å². The molecule has 0 aliphatic carbocycles. The van der Waals surface area contributed by atoms with Crippen LogP contribution in [-0.4, -0.2) is 39.2 Å². The molecule has 4 heterocycles. The number of nitrogens with zero attached hydrogens (tertiary/aromatic N) is 4. The summed E-state index contributed by atoms with van der Waals surface area (Å²) >= 11 is 6.12. The molecule has 2 aliphatic rings. The molecule has 2 aromatic heterocycles. The second-order valence-electron chi connectivity index (χ2n) is 8.12. The van der Waals surface area contributed by atoms with Gasteiger partial charge in [0.15, 0.2) is 0 Å². The lowest BCUT2D eigenvalue weighted by molar-refractivity contribution is -0.136. The molecule has 0 radical (unpaired) electrons. The molecule has 1 fully saturated rings. The van der Waals surface area contributed by atoms with Crippen LogP contribution in [0.25, 0.3) is 5.65 Å². The number of carbonyl (C=O) groups excluding carboxylic acids is 2. The van der Waals surface area contributed by atoms with Gasteiger partial charge in [-0.2, -0.15) is 0 Å². The van der Waals surface area contributed by atoms with Gasteiger partial charge in [0.1, 0.15) is 5.65 Å². The lowest BCUT2D eigenvalue weighted by Gasteiger charge is -2.30. The average molecular weight is 437 g/mol. The molecule has 158 valence electrons. The Morgan fingerprint density at radius 1 is 1.19 bits per heavy atom. The highest BCUT2D eigenvalue weighted by Gasteiger charge is 2.39. The molecule has 1 unspecified atom stereocenters. The summed E-state index contributed by atoms with van der Waals surface area (Å²) in [6.45, 7) is 2.94. The van der Waals surface area contributed by atoms with E-state index in [1.807, 2.05) is 19.1 Å². The minimum atomic E-state index is -0.441. The fraction of sp³-hybridized carbons (Fsp3) is 0.304. The minimum absolute atomic E-state index is 0.0890. The Morgan fingerprint density at radius 3 is 2.87 bits per heavy atom. The summed E-state index contributed by atoms with van der Waals surface area (Å²) in [7, 11) is 0. The molecule has 1 aromatic carbocycles. The number of pyridine rings is 1. The number of carbonyl (C=O) groups is 2. The van der Waals surface area contributed by atoms with Gasteiger partial charge in [0.05, 0.1) is 23.7 Å². The van der Waals surface area contributed by atoms with Crippen molar-refractivity contribution in [3.63, 3.8) is 0 Å². The summed E-state index contributed by atoms with van der Waals surface area (Å²) in [5.41, 5.74) is 3.44. The molecule has 8 heteroatoms. The molecular formula is C23H21ClN4O3. The summed E-state index contributed by atoms with van der Waals surface area (Å²) in [6, 6.07) is 10.8. The van der Waals surface area contributed by atoms with Crippen LogP contribution in [-0.2, 0) is 22.6 Å². The van der Waals surface area contributed by atoms with Crippen LogP contribution in [0.1, 0.15) is 23.2 Å². The third-order valence-corrected chi connectivity index (χ3v) is 6.36. The average Bonchev–Trinajstić information content (AvgIpc) is 3.16. The topological polar surface area (TPSA) is 75.0 Å². The maximum absolute atomic E-state index is 13.3. The summed E-state index contributed by atoms with van der Waals surface area (Å²) in [5.74, 6) is -0.629. The second-order valence-corrected chi connectivity index (χ2v) is 8.55. The number of hydrogen-bond acceptors (Lipinski definition) is 4. The zero-order valence-corrected chi connectivity index (χ0v) is 17.8. The van der Waals surface area contributed by atoms with E-state index in [0.29, 0.717) is 35.7 Å². The van der Waals surface area contributed by atoms with Crippen LogP contribution in [0.2, 0.25) is 5.02 Å². The van der Waals surface area contributed by atoms with E-state index >= 15 is 0 Å². The van der Waals surface area contributed by atoms with Crippen LogP contribution in [0.3, 0.4) is 0 Å². The first-order valence-electron chi connectivity index (χ1n) is 10.3. The Kier molecular flexibility index (Phi) is 4.78. The number of fused-ring (bicyclic) bond motifs is 2. The first kappa shape index (κ1) is 19.8. The van der Waals surface area contributed by atoms with Gasteiger partial charge < -0.3 is 9.80 Å². The van der Waals surface area contributed by atoms with E-state index in [-0.39, 0.29) is 30.3 Å². The smallest absolute Gasteiger partial charge is 0.263 e. The van der Waals surface area contributed by atoms with Crippen molar-refractivity contribution in [2.45, 2.75) is 26.3 Å². The quantitative estimate of drug-likeness (QED) is 0.618. The van der Waals surface area contributed by atoms with E-state index in [9.17, 15) is 14.4 Å². The first-order valence-corrected chi connectivity index (χ1v) is 10.6. The number of aromatic nitrogens is 2.